The van der Waals surface area contributed by atoms with Crippen LogP contribution in [0, 0.1) is 0 Å². The Labute approximate surface area is 279 Å². The second-order valence-electron chi connectivity index (χ2n) is 12.2. The largest absolute Gasteiger partial charge is 0.494 e. The average molecular weight is 729 g/mol. The van der Waals surface area contributed by atoms with Gasteiger partial charge < -0.3 is 33.7 Å². The molecule has 0 unspecified atom stereocenters. The highest BCUT2D eigenvalue weighted by atomic mass is 79.9. The van der Waals surface area contributed by atoms with Crippen LogP contribution < -0.4 is 10.1 Å². The molecule has 0 bridgehead atoms. The molecule has 45 heavy (non-hydrogen) atoms. The van der Waals surface area contributed by atoms with E-state index in [0.717, 1.165) is 5.56 Å². The van der Waals surface area contributed by atoms with Crippen LogP contribution in [0.2, 0.25) is 10.0 Å². The molecule has 3 heterocycles. The molecule has 5 rings (SSSR count). The molecule has 14 heteroatoms. The molecule has 0 saturated carbocycles. The molecule has 244 valence electrons. The Hall–Kier alpha value is -2.61. The van der Waals surface area contributed by atoms with E-state index in [4.69, 9.17) is 51.6 Å². The first-order chi connectivity index (χ1) is 21.1. The maximum absolute atomic E-state index is 13.5. The van der Waals surface area contributed by atoms with E-state index in [0.29, 0.717) is 38.2 Å². The van der Waals surface area contributed by atoms with E-state index in [1.54, 1.807) is 63.5 Å². The van der Waals surface area contributed by atoms with Crippen molar-refractivity contribution in [1.29, 1.82) is 0 Å². The molecule has 11 nitrogen and oxygen atoms in total. The molecule has 1 aromatic heterocycles. The smallest absolute Gasteiger partial charge is 0.408 e. The molecule has 2 aliphatic heterocycles. The Balaban J connectivity index is 1.35. The number of nitrogens with one attached hydrogen (secondary N) is 1. The Morgan fingerprint density at radius 2 is 1.78 bits per heavy atom. The number of carbonyl (C=O) groups excluding carboxylic acids is 2. The van der Waals surface area contributed by atoms with Gasteiger partial charge >= 0.3 is 12.1 Å². The van der Waals surface area contributed by atoms with Gasteiger partial charge in [0.05, 0.1) is 27.7 Å². The second-order valence-corrected chi connectivity index (χ2v) is 13.8. The zero-order chi connectivity index (χ0) is 32.7. The minimum atomic E-state index is -1.04. The standard InChI is InChI=1S/C31H36BrCl2N3O8/c1-7-40-17-10-8-16(9-11-17)12-21(36-29(39)45-30(2,3)4)27(38)41-15-23-24-25(44-31(5,6)43-24)26(42-23)37-22-14-19(34)18(33)13-20(22)35-28(37)32/h8-11,13-14,21,23-26H,7,12,15H2,1-6H3,(H,36,39)/t21-,23+,24+,25+,26+/m0/s1. The summed E-state index contributed by atoms with van der Waals surface area (Å²) in [4.78, 5) is 30.8. The number of hydrogen-bond acceptors (Lipinski definition) is 9. The lowest BCUT2D eigenvalue weighted by atomic mass is 10.1. The minimum Gasteiger partial charge on any atom is -0.494 e. The van der Waals surface area contributed by atoms with Crippen molar-refractivity contribution in [2.24, 2.45) is 0 Å². The minimum absolute atomic E-state index is 0.161. The van der Waals surface area contributed by atoms with Gasteiger partial charge in [0.25, 0.3) is 0 Å². The Kier molecular flexibility index (Phi) is 9.93. The van der Waals surface area contributed by atoms with E-state index in [-0.39, 0.29) is 13.0 Å². The van der Waals surface area contributed by atoms with Gasteiger partial charge in [-0.25, -0.2) is 14.6 Å². The third-order valence-electron chi connectivity index (χ3n) is 7.11. The van der Waals surface area contributed by atoms with Crippen LogP contribution >= 0.6 is 39.1 Å². The van der Waals surface area contributed by atoms with Gasteiger partial charge in [-0.3, -0.25) is 4.57 Å². The topological polar surface area (TPSA) is 119 Å². The number of fused-ring (bicyclic) bond motifs is 2. The quantitative estimate of drug-likeness (QED) is 0.243. The fraction of sp³-hybridized carbons (Fsp3) is 0.516. The highest BCUT2D eigenvalue weighted by Gasteiger charge is 2.56. The van der Waals surface area contributed by atoms with Crippen LogP contribution in [0.1, 0.15) is 53.3 Å². The molecular weight excluding hydrogens is 693 g/mol. The van der Waals surface area contributed by atoms with Gasteiger partial charge in [-0.1, -0.05) is 35.3 Å². The first-order valence-electron chi connectivity index (χ1n) is 14.6. The van der Waals surface area contributed by atoms with E-state index in [1.165, 1.54) is 0 Å². The molecule has 0 aliphatic carbocycles. The number of halogens is 3. The highest BCUT2D eigenvalue weighted by molar-refractivity contribution is 9.10. The van der Waals surface area contributed by atoms with Crippen molar-refractivity contribution in [2.75, 3.05) is 13.2 Å². The molecule has 0 radical (unpaired) electrons. The molecule has 2 saturated heterocycles. The molecule has 2 fully saturated rings. The fourth-order valence-electron chi connectivity index (χ4n) is 5.34. The summed E-state index contributed by atoms with van der Waals surface area (Å²) in [5.41, 5.74) is 1.31. The molecule has 0 spiro atoms. The van der Waals surface area contributed by atoms with Gasteiger partial charge in [0.1, 0.15) is 42.3 Å². The fourth-order valence-corrected chi connectivity index (χ4v) is 6.24. The van der Waals surface area contributed by atoms with E-state index in [2.05, 4.69) is 26.2 Å². The molecule has 2 aromatic carbocycles. The maximum atomic E-state index is 13.5. The van der Waals surface area contributed by atoms with Crippen molar-refractivity contribution in [3.05, 3.63) is 56.7 Å². The van der Waals surface area contributed by atoms with Gasteiger partial charge in [0.15, 0.2) is 16.7 Å². The van der Waals surface area contributed by atoms with Crippen LogP contribution in [0.3, 0.4) is 0 Å². The van der Waals surface area contributed by atoms with Gasteiger partial charge in [0, 0.05) is 6.42 Å². The highest BCUT2D eigenvalue weighted by Crippen LogP contribution is 2.45. The number of imidazole rings is 1. The summed E-state index contributed by atoms with van der Waals surface area (Å²) < 4.78 is 37.9. The molecule has 5 atom stereocenters. The monoisotopic (exact) mass is 727 g/mol. The summed E-state index contributed by atoms with van der Waals surface area (Å²) >= 11 is 16.1. The predicted octanol–water partition coefficient (Wildman–Crippen LogP) is 6.60. The normalized spacial score (nSPS) is 23.0. The Bertz CT molecular complexity index is 1560. The molecular formula is C31H36BrCl2N3O8. The summed E-state index contributed by atoms with van der Waals surface area (Å²) in [7, 11) is 0. The van der Waals surface area contributed by atoms with Gasteiger partial charge in [0.2, 0.25) is 0 Å². The summed E-state index contributed by atoms with van der Waals surface area (Å²) in [6.07, 6.45) is -3.12. The zero-order valence-electron chi connectivity index (χ0n) is 25.8. The summed E-state index contributed by atoms with van der Waals surface area (Å²) in [5.74, 6) is -0.878. The molecule has 3 aromatic rings. The number of aromatic nitrogens is 2. The summed E-state index contributed by atoms with van der Waals surface area (Å²) in [6.45, 7) is 11.1. The third-order valence-corrected chi connectivity index (χ3v) is 8.39. The predicted molar refractivity (Wildman–Crippen MR) is 171 cm³/mol. The lowest BCUT2D eigenvalue weighted by Crippen LogP contribution is -2.46. The van der Waals surface area contributed by atoms with E-state index in [1.807, 2.05) is 19.1 Å². The van der Waals surface area contributed by atoms with Crippen molar-refractivity contribution in [1.82, 2.24) is 14.9 Å². The number of carbonyl (C=O) groups is 2. The second kappa shape index (κ2) is 13.2. The van der Waals surface area contributed by atoms with Gasteiger partial charge in [-0.15, -0.1) is 0 Å². The molecule has 1 N–H and O–H groups in total. The van der Waals surface area contributed by atoms with Gasteiger partial charge in [-0.2, -0.15) is 0 Å². The van der Waals surface area contributed by atoms with Crippen molar-refractivity contribution in [3.63, 3.8) is 0 Å². The number of ether oxygens (including phenoxy) is 6. The molecule has 2 aliphatic rings. The SMILES string of the molecule is CCOc1ccc(C[C@H](NC(=O)OC(C)(C)C)C(=O)OC[C@H]2O[C@@H](n3c(Br)nc4cc(Cl)c(Cl)cc43)[C@@H]3OC(C)(C)O[C@@H]32)cc1. The number of benzene rings is 2. The first kappa shape index (κ1) is 33.7. The third kappa shape index (κ3) is 7.86. The Morgan fingerprint density at radius 1 is 1.11 bits per heavy atom. The lowest BCUT2D eigenvalue weighted by Gasteiger charge is -2.26. The number of nitrogens with zero attached hydrogens (tertiary/aromatic N) is 2. The van der Waals surface area contributed by atoms with Crippen LogP contribution in [-0.2, 0) is 34.9 Å². The summed E-state index contributed by atoms with van der Waals surface area (Å²) in [5, 5.41) is 3.39. The van der Waals surface area contributed by atoms with E-state index in [9.17, 15) is 9.59 Å². The van der Waals surface area contributed by atoms with Crippen LogP contribution in [0.5, 0.6) is 5.75 Å². The number of amides is 1. The maximum Gasteiger partial charge on any atom is 0.408 e. The lowest BCUT2D eigenvalue weighted by molar-refractivity contribution is -0.202. The number of hydrogen-bond donors (Lipinski definition) is 1. The van der Waals surface area contributed by atoms with Gasteiger partial charge in [-0.05, 0) is 87.3 Å². The van der Waals surface area contributed by atoms with Crippen molar-refractivity contribution in [2.45, 2.75) is 89.9 Å². The first-order valence-corrected chi connectivity index (χ1v) is 16.1. The molecule has 1 amide bonds. The zero-order valence-corrected chi connectivity index (χ0v) is 28.9. The van der Waals surface area contributed by atoms with E-state index >= 15 is 0 Å². The van der Waals surface area contributed by atoms with Crippen LogP contribution in [0.4, 0.5) is 4.79 Å². The Morgan fingerprint density at radius 3 is 2.44 bits per heavy atom. The number of esters is 1. The van der Waals surface area contributed by atoms with Crippen molar-refractivity contribution in [3.8, 4) is 5.75 Å². The van der Waals surface area contributed by atoms with Crippen LogP contribution in [0.25, 0.3) is 11.0 Å². The van der Waals surface area contributed by atoms with Crippen LogP contribution in [-0.4, -0.2) is 70.6 Å². The number of alkyl carbamates (subject to hydrolysis) is 1. The number of rotatable bonds is 9. The summed E-state index contributed by atoms with van der Waals surface area (Å²) in [6, 6.07) is 9.61. The average Bonchev–Trinajstić information content (AvgIpc) is 3.54. The van der Waals surface area contributed by atoms with Crippen LogP contribution in [0.15, 0.2) is 41.1 Å². The van der Waals surface area contributed by atoms with Crippen molar-refractivity contribution >= 4 is 62.2 Å². The van der Waals surface area contributed by atoms with Crippen molar-refractivity contribution < 1.29 is 38.0 Å². The van der Waals surface area contributed by atoms with E-state index < -0.39 is 54.0 Å².